The number of methoxy groups -OCH3 is 1. The van der Waals surface area contributed by atoms with E-state index in [9.17, 15) is 4.79 Å². The number of rotatable bonds is 5. The number of ether oxygens (including phenoxy) is 2. The second kappa shape index (κ2) is 6.35. The zero-order valence-corrected chi connectivity index (χ0v) is 10.0. The minimum Gasteiger partial charge on any atom is -0.482 e. The molecule has 0 saturated heterocycles. The minimum atomic E-state index is -0.421. The van der Waals surface area contributed by atoms with Crippen molar-refractivity contribution in [2.75, 3.05) is 20.8 Å². The summed E-state index contributed by atoms with van der Waals surface area (Å²) in [6, 6.07) is 5.31. The first-order chi connectivity index (χ1) is 7.69. The average molecular weight is 244 g/mol. The highest BCUT2D eigenvalue weighted by Crippen LogP contribution is 2.26. The van der Waals surface area contributed by atoms with Gasteiger partial charge in [-0.2, -0.15) is 0 Å². The Morgan fingerprint density at radius 1 is 1.50 bits per heavy atom. The fourth-order valence-corrected chi connectivity index (χ4v) is 1.45. The van der Waals surface area contributed by atoms with Gasteiger partial charge >= 0.3 is 5.97 Å². The summed E-state index contributed by atoms with van der Waals surface area (Å²) >= 11 is 6.02. The molecular formula is C11H14ClNO3. The fraction of sp³-hybridized carbons (Fsp3) is 0.364. The Balaban J connectivity index is 2.78. The first kappa shape index (κ1) is 12.8. The molecule has 1 rings (SSSR count). The molecule has 16 heavy (non-hydrogen) atoms. The van der Waals surface area contributed by atoms with Gasteiger partial charge in [-0.15, -0.1) is 0 Å². The van der Waals surface area contributed by atoms with Crippen LogP contribution >= 0.6 is 11.6 Å². The molecule has 0 atom stereocenters. The van der Waals surface area contributed by atoms with Gasteiger partial charge in [0.25, 0.3) is 0 Å². The summed E-state index contributed by atoms with van der Waals surface area (Å²) in [5.41, 5.74) is 0.829. The molecule has 0 bridgehead atoms. The molecule has 5 heteroatoms. The van der Waals surface area contributed by atoms with Gasteiger partial charge in [0.1, 0.15) is 5.75 Å². The van der Waals surface area contributed by atoms with E-state index in [0.29, 0.717) is 17.3 Å². The summed E-state index contributed by atoms with van der Waals surface area (Å²) in [4.78, 5) is 10.9. The van der Waals surface area contributed by atoms with Crippen LogP contribution in [0.25, 0.3) is 0 Å². The molecule has 0 aliphatic heterocycles. The SMILES string of the molecule is CNCc1c(Cl)cccc1OCC(=O)OC. The third kappa shape index (κ3) is 3.40. The van der Waals surface area contributed by atoms with Crippen molar-refractivity contribution in [1.82, 2.24) is 5.32 Å². The van der Waals surface area contributed by atoms with Crippen molar-refractivity contribution < 1.29 is 14.3 Å². The normalized spacial score (nSPS) is 9.94. The Morgan fingerprint density at radius 3 is 2.88 bits per heavy atom. The summed E-state index contributed by atoms with van der Waals surface area (Å²) in [6.07, 6.45) is 0. The van der Waals surface area contributed by atoms with Gasteiger partial charge in [-0.3, -0.25) is 0 Å². The Hall–Kier alpha value is -1.26. The smallest absolute Gasteiger partial charge is 0.343 e. The molecule has 88 valence electrons. The molecular weight excluding hydrogens is 230 g/mol. The first-order valence-electron chi connectivity index (χ1n) is 4.80. The maximum Gasteiger partial charge on any atom is 0.343 e. The molecule has 0 aliphatic rings. The molecule has 0 aromatic heterocycles. The second-order valence-electron chi connectivity index (χ2n) is 3.11. The lowest BCUT2D eigenvalue weighted by molar-refractivity contribution is -0.142. The summed E-state index contributed by atoms with van der Waals surface area (Å²) < 4.78 is 9.81. The molecule has 1 aromatic carbocycles. The summed E-state index contributed by atoms with van der Waals surface area (Å²) in [7, 11) is 3.13. The van der Waals surface area contributed by atoms with Crippen LogP contribution in [0.2, 0.25) is 5.02 Å². The number of benzene rings is 1. The van der Waals surface area contributed by atoms with Crippen LogP contribution in [-0.4, -0.2) is 26.7 Å². The Labute approximate surface area is 99.5 Å². The maximum absolute atomic E-state index is 10.9. The van der Waals surface area contributed by atoms with Gasteiger partial charge in [-0.05, 0) is 19.2 Å². The molecule has 0 amide bonds. The number of hydrogen-bond donors (Lipinski definition) is 1. The van der Waals surface area contributed by atoms with E-state index in [1.165, 1.54) is 7.11 Å². The third-order valence-corrected chi connectivity index (χ3v) is 2.36. The molecule has 4 nitrogen and oxygen atoms in total. The van der Waals surface area contributed by atoms with Gasteiger partial charge in [-0.1, -0.05) is 17.7 Å². The minimum absolute atomic E-state index is 0.118. The van der Waals surface area contributed by atoms with Crippen molar-refractivity contribution >= 4 is 17.6 Å². The van der Waals surface area contributed by atoms with E-state index in [-0.39, 0.29) is 6.61 Å². The number of esters is 1. The predicted octanol–water partition coefficient (Wildman–Crippen LogP) is 1.61. The summed E-state index contributed by atoms with van der Waals surface area (Å²) in [6.45, 7) is 0.462. The van der Waals surface area contributed by atoms with Crippen LogP contribution in [0, 0.1) is 0 Å². The van der Waals surface area contributed by atoms with E-state index in [1.807, 2.05) is 7.05 Å². The monoisotopic (exact) mass is 243 g/mol. The Bertz CT molecular complexity index is 368. The summed E-state index contributed by atoms with van der Waals surface area (Å²) in [5.74, 6) is 0.169. The lowest BCUT2D eigenvalue weighted by Crippen LogP contribution is -2.14. The van der Waals surface area contributed by atoms with Crippen LogP contribution in [0.3, 0.4) is 0 Å². The van der Waals surface area contributed by atoms with Crippen LogP contribution in [-0.2, 0) is 16.1 Å². The fourth-order valence-electron chi connectivity index (χ4n) is 1.22. The van der Waals surface area contributed by atoms with Crippen LogP contribution in [0.4, 0.5) is 0 Å². The van der Waals surface area contributed by atoms with Crippen molar-refractivity contribution in [1.29, 1.82) is 0 Å². The molecule has 0 radical (unpaired) electrons. The van der Waals surface area contributed by atoms with E-state index < -0.39 is 5.97 Å². The quantitative estimate of drug-likeness (QED) is 0.799. The lowest BCUT2D eigenvalue weighted by Gasteiger charge is -2.11. The molecule has 0 spiro atoms. The van der Waals surface area contributed by atoms with Gasteiger partial charge in [0.05, 0.1) is 7.11 Å². The Kier molecular flexibility index (Phi) is 5.08. The maximum atomic E-state index is 10.9. The van der Waals surface area contributed by atoms with Crippen LogP contribution < -0.4 is 10.1 Å². The van der Waals surface area contributed by atoms with Crippen molar-refractivity contribution in [3.63, 3.8) is 0 Å². The van der Waals surface area contributed by atoms with Crippen LogP contribution in [0.5, 0.6) is 5.75 Å². The van der Waals surface area contributed by atoms with Crippen LogP contribution in [0.1, 0.15) is 5.56 Å². The highest BCUT2D eigenvalue weighted by Gasteiger charge is 2.09. The van der Waals surface area contributed by atoms with Crippen molar-refractivity contribution in [2.24, 2.45) is 0 Å². The number of carbonyl (C=O) groups is 1. The molecule has 0 aliphatic carbocycles. The molecule has 0 fully saturated rings. The number of carbonyl (C=O) groups excluding carboxylic acids is 1. The van der Waals surface area contributed by atoms with Gasteiger partial charge in [0, 0.05) is 17.1 Å². The standard InChI is InChI=1S/C11H14ClNO3/c1-13-6-8-9(12)4-3-5-10(8)16-7-11(14)15-2/h3-5,13H,6-7H2,1-2H3. The van der Waals surface area contributed by atoms with E-state index in [1.54, 1.807) is 18.2 Å². The van der Waals surface area contributed by atoms with Gasteiger partial charge in [0.2, 0.25) is 0 Å². The third-order valence-electron chi connectivity index (χ3n) is 2.00. The lowest BCUT2D eigenvalue weighted by atomic mass is 10.2. The zero-order chi connectivity index (χ0) is 12.0. The van der Waals surface area contributed by atoms with E-state index in [4.69, 9.17) is 16.3 Å². The largest absolute Gasteiger partial charge is 0.482 e. The number of halogens is 1. The number of nitrogens with one attached hydrogen (secondary N) is 1. The molecule has 1 aromatic rings. The predicted molar refractivity (Wildman–Crippen MR) is 61.7 cm³/mol. The van der Waals surface area contributed by atoms with Crippen molar-refractivity contribution in [2.45, 2.75) is 6.54 Å². The molecule has 1 N–H and O–H groups in total. The van der Waals surface area contributed by atoms with Gasteiger partial charge < -0.3 is 14.8 Å². The number of hydrogen-bond acceptors (Lipinski definition) is 4. The van der Waals surface area contributed by atoms with E-state index in [0.717, 1.165) is 5.56 Å². The topological polar surface area (TPSA) is 47.6 Å². The second-order valence-corrected chi connectivity index (χ2v) is 3.52. The van der Waals surface area contributed by atoms with Gasteiger partial charge in [0.15, 0.2) is 6.61 Å². The molecule has 0 saturated carbocycles. The average Bonchev–Trinajstić information content (AvgIpc) is 2.29. The highest BCUT2D eigenvalue weighted by atomic mass is 35.5. The Morgan fingerprint density at radius 2 is 2.25 bits per heavy atom. The van der Waals surface area contributed by atoms with Crippen molar-refractivity contribution in [3.8, 4) is 5.75 Å². The molecule has 0 heterocycles. The van der Waals surface area contributed by atoms with Crippen molar-refractivity contribution in [3.05, 3.63) is 28.8 Å². The van der Waals surface area contributed by atoms with Crippen LogP contribution in [0.15, 0.2) is 18.2 Å². The zero-order valence-electron chi connectivity index (χ0n) is 9.25. The summed E-state index contributed by atoms with van der Waals surface area (Å²) in [5, 5.41) is 3.59. The van der Waals surface area contributed by atoms with E-state index >= 15 is 0 Å². The van der Waals surface area contributed by atoms with Gasteiger partial charge in [-0.25, -0.2) is 4.79 Å². The highest BCUT2D eigenvalue weighted by molar-refractivity contribution is 6.31. The van der Waals surface area contributed by atoms with E-state index in [2.05, 4.69) is 10.1 Å². The molecule has 0 unspecified atom stereocenters. The first-order valence-corrected chi connectivity index (χ1v) is 5.18.